The molecule has 0 amide bonds. The van der Waals surface area contributed by atoms with Gasteiger partial charge in [0.25, 0.3) is 0 Å². The van der Waals surface area contributed by atoms with Gasteiger partial charge in [0.15, 0.2) is 11.5 Å². The Morgan fingerprint density at radius 3 is 3.00 bits per heavy atom. The van der Waals surface area contributed by atoms with Crippen LogP contribution in [0.5, 0.6) is 11.5 Å². The smallest absolute Gasteiger partial charge is 0.179 e. The van der Waals surface area contributed by atoms with E-state index in [1.807, 2.05) is 0 Å². The molecule has 0 fully saturated rings. The van der Waals surface area contributed by atoms with E-state index < -0.39 is 0 Å². The van der Waals surface area contributed by atoms with E-state index in [-0.39, 0.29) is 6.54 Å². The second kappa shape index (κ2) is 4.29. The molecule has 0 atom stereocenters. The minimum atomic E-state index is 0.257. The van der Waals surface area contributed by atoms with E-state index >= 15 is 0 Å². The lowest BCUT2D eigenvalue weighted by Crippen LogP contribution is -2.15. The summed E-state index contributed by atoms with van der Waals surface area (Å²) in [5.74, 6) is 1.17. The summed E-state index contributed by atoms with van der Waals surface area (Å²) in [6.07, 6.45) is 0. The molecule has 0 aliphatic carbocycles. The van der Waals surface area contributed by atoms with Gasteiger partial charge in [-0.25, -0.2) is 0 Å². The van der Waals surface area contributed by atoms with Gasteiger partial charge in [-0.05, 0) is 23.2 Å². The van der Waals surface area contributed by atoms with Gasteiger partial charge >= 0.3 is 0 Å². The number of rotatable bonds is 2. The van der Waals surface area contributed by atoms with Crippen molar-refractivity contribution in [2.75, 3.05) is 13.2 Å². The summed E-state index contributed by atoms with van der Waals surface area (Å²) < 4.78 is 10.7. The molecule has 1 aromatic rings. The molecule has 0 N–H and O–H groups in total. The Morgan fingerprint density at radius 1 is 1.40 bits per heavy atom. The Morgan fingerprint density at radius 2 is 2.20 bits per heavy atom. The van der Waals surface area contributed by atoms with Crippen molar-refractivity contribution in [3.8, 4) is 11.5 Å². The third kappa shape index (κ3) is 2.09. The summed E-state index contributed by atoms with van der Waals surface area (Å²) in [7, 11) is 0. The summed E-state index contributed by atoms with van der Waals surface area (Å²) >= 11 is 5.99. The topological polar surface area (TPSA) is 67.2 Å². The third-order valence-electron chi connectivity index (χ3n) is 1.97. The fourth-order valence-corrected chi connectivity index (χ4v) is 1.66. The largest absolute Gasteiger partial charge is 0.486 e. The molecule has 5 nitrogen and oxygen atoms in total. The van der Waals surface area contributed by atoms with Gasteiger partial charge in [0.05, 0.1) is 11.6 Å². The number of hydrogen-bond acceptors (Lipinski definition) is 3. The molecule has 0 aromatic heterocycles. The highest BCUT2D eigenvalue weighted by Gasteiger charge is 2.16. The molecule has 1 aliphatic rings. The van der Waals surface area contributed by atoms with Crippen molar-refractivity contribution in [2.24, 2.45) is 5.11 Å². The zero-order valence-corrected chi connectivity index (χ0v) is 8.57. The van der Waals surface area contributed by atoms with Crippen LogP contribution in [0.1, 0.15) is 5.56 Å². The van der Waals surface area contributed by atoms with Crippen LogP contribution in [0, 0.1) is 0 Å². The van der Waals surface area contributed by atoms with Crippen LogP contribution in [0.2, 0.25) is 5.02 Å². The zero-order chi connectivity index (χ0) is 10.7. The Balaban J connectivity index is 2.35. The molecule has 78 valence electrons. The van der Waals surface area contributed by atoms with Gasteiger partial charge in [-0.3, -0.25) is 0 Å². The fraction of sp³-hybridized carbons (Fsp3) is 0.333. The molecule has 0 saturated heterocycles. The average Bonchev–Trinajstić information content (AvgIpc) is 2.26. The molecule has 0 radical (unpaired) electrons. The van der Waals surface area contributed by atoms with Gasteiger partial charge < -0.3 is 9.47 Å². The molecule has 0 spiro atoms. The van der Waals surface area contributed by atoms with Crippen LogP contribution in [0.3, 0.4) is 0 Å². The van der Waals surface area contributed by atoms with Crippen LogP contribution in [0.4, 0.5) is 0 Å². The average molecular weight is 226 g/mol. The van der Waals surface area contributed by atoms with E-state index in [1.54, 1.807) is 12.1 Å². The highest BCUT2D eigenvalue weighted by atomic mass is 35.5. The summed E-state index contributed by atoms with van der Waals surface area (Å²) in [5.41, 5.74) is 9.01. The van der Waals surface area contributed by atoms with Crippen LogP contribution in [-0.4, -0.2) is 13.2 Å². The number of halogens is 1. The number of hydrogen-bond donors (Lipinski definition) is 0. The minimum absolute atomic E-state index is 0.257. The van der Waals surface area contributed by atoms with Crippen molar-refractivity contribution >= 4 is 11.6 Å². The van der Waals surface area contributed by atoms with Crippen molar-refractivity contribution in [1.82, 2.24) is 0 Å². The number of ether oxygens (including phenoxy) is 2. The Labute approximate surface area is 91.2 Å². The van der Waals surface area contributed by atoms with E-state index in [4.69, 9.17) is 26.6 Å². The van der Waals surface area contributed by atoms with Gasteiger partial charge in [-0.15, -0.1) is 0 Å². The van der Waals surface area contributed by atoms with E-state index in [1.165, 1.54) is 0 Å². The Bertz CT molecular complexity index is 430. The molecule has 2 rings (SSSR count). The zero-order valence-electron chi connectivity index (χ0n) is 7.81. The van der Waals surface area contributed by atoms with Gasteiger partial charge in [-0.2, -0.15) is 0 Å². The highest BCUT2D eigenvalue weighted by Crippen LogP contribution is 2.38. The minimum Gasteiger partial charge on any atom is -0.486 e. The quantitative estimate of drug-likeness (QED) is 0.441. The number of azide groups is 1. The molecule has 0 bridgehead atoms. The van der Waals surface area contributed by atoms with E-state index in [2.05, 4.69) is 10.0 Å². The van der Waals surface area contributed by atoms with E-state index in [9.17, 15) is 0 Å². The molecule has 0 saturated carbocycles. The number of fused-ring (bicyclic) bond motifs is 1. The highest BCUT2D eigenvalue weighted by molar-refractivity contribution is 6.32. The van der Waals surface area contributed by atoms with Crippen molar-refractivity contribution in [1.29, 1.82) is 0 Å². The first kappa shape index (κ1) is 9.96. The SMILES string of the molecule is [N-]=[N+]=NCc1cc(Cl)c2c(c1)OCCO2. The van der Waals surface area contributed by atoms with Crippen molar-refractivity contribution in [2.45, 2.75) is 6.54 Å². The molecular formula is C9H8ClN3O2. The lowest BCUT2D eigenvalue weighted by Gasteiger charge is -2.19. The summed E-state index contributed by atoms with van der Waals surface area (Å²) in [5, 5.41) is 3.94. The van der Waals surface area contributed by atoms with Crippen LogP contribution in [0.15, 0.2) is 17.2 Å². The second-order valence-electron chi connectivity index (χ2n) is 2.99. The molecule has 1 aromatic carbocycles. The number of nitrogens with zero attached hydrogens (tertiary/aromatic N) is 3. The lowest BCUT2D eigenvalue weighted by molar-refractivity contribution is 0.171. The molecular weight excluding hydrogens is 218 g/mol. The van der Waals surface area contributed by atoms with Crippen molar-refractivity contribution in [3.05, 3.63) is 33.2 Å². The first-order valence-corrected chi connectivity index (χ1v) is 4.78. The van der Waals surface area contributed by atoms with E-state index in [0.29, 0.717) is 29.7 Å². The molecule has 6 heteroatoms. The van der Waals surface area contributed by atoms with Crippen molar-refractivity contribution < 1.29 is 9.47 Å². The maximum Gasteiger partial charge on any atom is 0.179 e. The summed E-state index contributed by atoms with van der Waals surface area (Å²) in [6, 6.07) is 3.48. The normalized spacial score (nSPS) is 13.1. The Kier molecular flexibility index (Phi) is 2.85. The Hall–Kier alpha value is -1.58. The molecule has 15 heavy (non-hydrogen) atoms. The predicted octanol–water partition coefficient (Wildman–Crippen LogP) is 2.92. The lowest BCUT2D eigenvalue weighted by atomic mass is 10.2. The molecule has 0 unspecified atom stereocenters. The summed E-state index contributed by atoms with van der Waals surface area (Å²) in [4.78, 5) is 2.68. The number of benzene rings is 1. The predicted molar refractivity (Wildman–Crippen MR) is 55.3 cm³/mol. The maximum absolute atomic E-state index is 8.20. The van der Waals surface area contributed by atoms with Gasteiger partial charge in [0.1, 0.15) is 13.2 Å². The van der Waals surface area contributed by atoms with Crippen LogP contribution < -0.4 is 9.47 Å². The first-order chi connectivity index (χ1) is 7.31. The fourth-order valence-electron chi connectivity index (χ4n) is 1.37. The van der Waals surface area contributed by atoms with Gasteiger partial charge in [0, 0.05) is 4.91 Å². The standard InChI is InChI=1S/C9H8ClN3O2/c10-7-3-6(5-12-13-11)4-8-9(7)15-2-1-14-8/h3-4H,1-2,5H2. The molecule has 1 aliphatic heterocycles. The monoisotopic (exact) mass is 225 g/mol. The van der Waals surface area contributed by atoms with Crippen LogP contribution >= 0.6 is 11.6 Å². The maximum atomic E-state index is 8.20. The second-order valence-corrected chi connectivity index (χ2v) is 3.40. The van der Waals surface area contributed by atoms with Gasteiger partial charge in [-0.1, -0.05) is 16.7 Å². The van der Waals surface area contributed by atoms with E-state index in [0.717, 1.165) is 5.56 Å². The molecule has 1 heterocycles. The third-order valence-corrected chi connectivity index (χ3v) is 2.25. The first-order valence-electron chi connectivity index (χ1n) is 4.40. The van der Waals surface area contributed by atoms with Gasteiger partial charge in [0.2, 0.25) is 0 Å². The van der Waals surface area contributed by atoms with Crippen LogP contribution in [-0.2, 0) is 6.54 Å². The van der Waals surface area contributed by atoms with Crippen LogP contribution in [0.25, 0.3) is 10.4 Å². The van der Waals surface area contributed by atoms with Crippen molar-refractivity contribution in [3.63, 3.8) is 0 Å². The summed E-state index contributed by atoms with van der Waals surface area (Å²) in [6.45, 7) is 1.27.